The fourth-order valence-corrected chi connectivity index (χ4v) is 5.19. The third-order valence-corrected chi connectivity index (χ3v) is 7.83. The van der Waals surface area contributed by atoms with Crippen LogP contribution in [0.5, 0.6) is 5.88 Å². The number of rotatable bonds is 8. The molecule has 0 spiro atoms. The lowest BCUT2D eigenvalue weighted by Crippen LogP contribution is -2.38. The number of pyridine rings is 1. The zero-order valence-electron chi connectivity index (χ0n) is 21.7. The van der Waals surface area contributed by atoms with Gasteiger partial charge in [0.25, 0.3) is 11.7 Å². The van der Waals surface area contributed by atoms with Crippen LogP contribution < -0.4 is 4.74 Å². The highest BCUT2D eigenvalue weighted by Crippen LogP contribution is 2.47. The summed E-state index contributed by atoms with van der Waals surface area (Å²) in [6.07, 6.45) is 6.30. The molecule has 1 aliphatic heterocycles. The molecule has 4 heterocycles. The molecule has 40 heavy (non-hydrogen) atoms. The van der Waals surface area contributed by atoms with Gasteiger partial charge >= 0.3 is 0 Å². The molecule has 202 valence electrons. The van der Waals surface area contributed by atoms with Crippen LogP contribution in [0.2, 0.25) is 5.02 Å². The molecule has 2 fully saturated rings. The van der Waals surface area contributed by atoms with E-state index in [0.29, 0.717) is 49.0 Å². The highest BCUT2D eigenvalue weighted by atomic mass is 35.5. The lowest BCUT2D eigenvalue weighted by molar-refractivity contribution is 0.0873. The van der Waals surface area contributed by atoms with Gasteiger partial charge in [-0.25, -0.2) is 9.97 Å². The van der Waals surface area contributed by atoms with E-state index in [1.165, 1.54) is 0 Å². The Hall–Kier alpha value is -4.12. The lowest BCUT2D eigenvalue weighted by Gasteiger charge is -2.31. The van der Waals surface area contributed by atoms with Crippen molar-refractivity contribution in [3.63, 3.8) is 0 Å². The Kier molecular flexibility index (Phi) is 7.05. The summed E-state index contributed by atoms with van der Waals surface area (Å²) in [5.41, 5.74) is 2.19. The number of benzene rings is 1. The standard InChI is InChI=1S/C29H26ClFN8O/c1-33-25-13-23-24(15-35-25)39(18-29(17-32)8-9-29)27(36-23)16-38-10-6-21(7-11-38)40-28-22(31)14-34-26(37-28)12-19-2-4-20(30)5-3-19/h2-5,13-15,21H,6-12,16,18H2. The predicted octanol–water partition coefficient (Wildman–Crippen LogP) is 5.50. The number of ether oxygens (including phenoxy) is 1. The molecule has 2 aliphatic rings. The van der Waals surface area contributed by atoms with Crippen molar-refractivity contribution in [1.29, 1.82) is 5.26 Å². The summed E-state index contributed by atoms with van der Waals surface area (Å²) in [5.74, 6) is 1.05. The molecule has 1 aliphatic carbocycles. The van der Waals surface area contributed by atoms with Crippen LogP contribution in [0, 0.1) is 29.1 Å². The van der Waals surface area contributed by atoms with Gasteiger partial charge in [-0.2, -0.15) is 14.6 Å². The Bertz CT molecular complexity index is 1630. The molecular weight excluding hydrogens is 531 g/mol. The van der Waals surface area contributed by atoms with Crippen LogP contribution in [-0.4, -0.2) is 48.6 Å². The Labute approximate surface area is 236 Å². The van der Waals surface area contributed by atoms with Crippen LogP contribution in [0.15, 0.2) is 42.7 Å². The summed E-state index contributed by atoms with van der Waals surface area (Å²) in [7, 11) is 0. The third kappa shape index (κ3) is 5.60. The summed E-state index contributed by atoms with van der Waals surface area (Å²) in [5, 5.41) is 10.3. The summed E-state index contributed by atoms with van der Waals surface area (Å²) in [6.45, 7) is 9.94. The molecular formula is C29H26ClFN8O. The van der Waals surface area contributed by atoms with Gasteiger partial charge in [0.2, 0.25) is 5.82 Å². The summed E-state index contributed by atoms with van der Waals surface area (Å²) in [4.78, 5) is 23.3. The highest BCUT2D eigenvalue weighted by molar-refractivity contribution is 6.30. The normalized spacial score (nSPS) is 16.9. The van der Waals surface area contributed by atoms with Crippen molar-refractivity contribution in [2.75, 3.05) is 13.1 Å². The zero-order chi connectivity index (χ0) is 27.7. The van der Waals surface area contributed by atoms with Crippen molar-refractivity contribution in [2.45, 2.75) is 51.3 Å². The van der Waals surface area contributed by atoms with Crippen molar-refractivity contribution in [3.05, 3.63) is 82.2 Å². The molecule has 0 atom stereocenters. The Morgan fingerprint density at radius 1 is 1.15 bits per heavy atom. The largest absolute Gasteiger partial charge is 0.472 e. The maximum absolute atomic E-state index is 14.5. The number of halogens is 2. The third-order valence-electron chi connectivity index (χ3n) is 7.58. The first-order chi connectivity index (χ1) is 19.4. The highest BCUT2D eigenvalue weighted by Gasteiger charge is 2.44. The maximum atomic E-state index is 14.5. The second-order valence-electron chi connectivity index (χ2n) is 10.5. The second-order valence-corrected chi connectivity index (χ2v) is 10.9. The molecule has 4 aromatic rings. The van der Waals surface area contributed by atoms with Gasteiger partial charge in [-0.15, -0.1) is 4.98 Å². The molecule has 1 saturated carbocycles. The SMILES string of the molecule is [C-]#[N+]c1cc2nc(CN3CCC(Oc4nc(Cc5ccc(Cl)cc5)ncc4F)CC3)n(CC3(C#N)CC3)c2cn1. The minimum atomic E-state index is -0.574. The number of fused-ring (bicyclic) bond motifs is 1. The molecule has 0 N–H and O–H groups in total. The van der Waals surface area contributed by atoms with Crippen LogP contribution in [-0.2, 0) is 19.5 Å². The Morgan fingerprint density at radius 3 is 2.62 bits per heavy atom. The Morgan fingerprint density at radius 2 is 1.93 bits per heavy atom. The van der Waals surface area contributed by atoms with E-state index < -0.39 is 5.82 Å². The summed E-state index contributed by atoms with van der Waals surface area (Å²) in [6, 6.07) is 11.6. The van der Waals surface area contributed by atoms with Gasteiger partial charge in [0, 0.05) is 31.1 Å². The van der Waals surface area contributed by atoms with Crippen LogP contribution in [0.25, 0.3) is 15.9 Å². The van der Waals surface area contributed by atoms with E-state index >= 15 is 0 Å². The van der Waals surface area contributed by atoms with Crippen molar-refractivity contribution < 1.29 is 9.13 Å². The van der Waals surface area contributed by atoms with Crippen molar-refractivity contribution in [3.8, 4) is 11.9 Å². The van der Waals surface area contributed by atoms with Crippen molar-refractivity contribution in [1.82, 2.24) is 29.4 Å². The molecule has 11 heteroatoms. The quantitative estimate of drug-likeness (QED) is 0.264. The van der Waals surface area contributed by atoms with Crippen molar-refractivity contribution in [2.24, 2.45) is 5.41 Å². The van der Waals surface area contributed by atoms with Crippen LogP contribution in [0.1, 0.15) is 42.9 Å². The number of hydrogen-bond acceptors (Lipinski definition) is 7. The van der Waals surface area contributed by atoms with E-state index in [-0.39, 0.29) is 17.4 Å². The minimum Gasteiger partial charge on any atom is -0.472 e. The number of hydrogen-bond donors (Lipinski definition) is 0. The number of aromatic nitrogens is 5. The van der Waals surface area contributed by atoms with E-state index in [2.05, 4.69) is 35.3 Å². The lowest BCUT2D eigenvalue weighted by atomic mass is 10.1. The maximum Gasteiger partial charge on any atom is 0.271 e. The van der Waals surface area contributed by atoms with E-state index in [0.717, 1.165) is 54.5 Å². The smallest absolute Gasteiger partial charge is 0.271 e. The predicted molar refractivity (Wildman–Crippen MR) is 146 cm³/mol. The van der Waals surface area contributed by atoms with Crippen molar-refractivity contribution >= 4 is 28.5 Å². The first-order valence-electron chi connectivity index (χ1n) is 13.2. The zero-order valence-corrected chi connectivity index (χ0v) is 22.5. The van der Waals surface area contributed by atoms with Crippen LogP contribution >= 0.6 is 11.6 Å². The summed E-state index contributed by atoms with van der Waals surface area (Å²) < 4.78 is 22.6. The molecule has 1 saturated heterocycles. The van der Waals surface area contributed by atoms with Gasteiger partial charge in [-0.3, -0.25) is 4.90 Å². The molecule has 9 nitrogen and oxygen atoms in total. The number of nitrogens with zero attached hydrogens (tertiary/aromatic N) is 8. The molecule has 0 unspecified atom stereocenters. The number of imidazole rings is 1. The van der Waals surface area contributed by atoms with Gasteiger partial charge in [-0.1, -0.05) is 30.3 Å². The van der Waals surface area contributed by atoms with E-state index in [4.69, 9.17) is 27.9 Å². The Balaban J connectivity index is 1.12. The van der Waals surface area contributed by atoms with Gasteiger partial charge in [0.1, 0.15) is 29.5 Å². The van der Waals surface area contributed by atoms with E-state index in [1.807, 2.05) is 12.1 Å². The molecule has 6 rings (SSSR count). The number of nitriles is 1. The molecule has 0 amide bonds. The summed E-state index contributed by atoms with van der Waals surface area (Å²) >= 11 is 5.96. The fraction of sp³-hybridized carbons (Fsp3) is 0.379. The minimum absolute atomic E-state index is 0.0199. The molecule has 0 radical (unpaired) electrons. The monoisotopic (exact) mass is 556 g/mol. The topological polar surface area (TPSA) is 97.1 Å². The van der Waals surface area contributed by atoms with Gasteiger partial charge in [-0.05, 0) is 49.4 Å². The van der Waals surface area contributed by atoms with Gasteiger partial charge in [0.05, 0.1) is 29.7 Å². The van der Waals surface area contributed by atoms with E-state index in [1.54, 1.807) is 24.4 Å². The fourth-order valence-electron chi connectivity index (χ4n) is 5.06. The van der Waals surface area contributed by atoms with Crippen LogP contribution in [0.4, 0.5) is 10.2 Å². The number of likely N-dealkylation sites (tertiary alicyclic amines) is 1. The molecule has 1 aromatic carbocycles. The van der Waals surface area contributed by atoms with Gasteiger partial charge in [0.15, 0.2) is 0 Å². The second kappa shape index (κ2) is 10.8. The average molecular weight is 557 g/mol. The molecule has 3 aromatic heterocycles. The first-order valence-corrected chi connectivity index (χ1v) is 13.6. The number of piperidine rings is 1. The van der Waals surface area contributed by atoms with E-state index in [9.17, 15) is 9.65 Å². The first kappa shape index (κ1) is 26.1. The molecule has 0 bridgehead atoms. The average Bonchev–Trinajstić information content (AvgIpc) is 3.68. The van der Waals surface area contributed by atoms with Crippen LogP contribution in [0.3, 0.4) is 0 Å². The van der Waals surface area contributed by atoms with Gasteiger partial charge < -0.3 is 14.1 Å².